The van der Waals surface area contributed by atoms with Gasteiger partial charge in [0, 0.05) is 18.5 Å². The van der Waals surface area contributed by atoms with Crippen LogP contribution in [0.5, 0.6) is 0 Å². The van der Waals surface area contributed by atoms with Gasteiger partial charge in [0.05, 0.1) is 7.11 Å². The monoisotopic (exact) mass is 345 g/mol. The van der Waals surface area contributed by atoms with Crippen molar-refractivity contribution in [1.29, 1.82) is 0 Å². The maximum Gasteiger partial charge on any atom is 0.333 e. The summed E-state index contributed by atoms with van der Waals surface area (Å²) in [6.07, 6.45) is 2.68. The molecule has 0 spiro atoms. The van der Waals surface area contributed by atoms with Crippen molar-refractivity contribution in [2.75, 3.05) is 13.7 Å². The predicted octanol–water partition coefficient (Wildman–Crippen LogP) is 1.53. The Kier molecular flexibility index (Phi) is 5.39. The zero-order chi connectivity index (χ0) is 18.0. The van der Waals surface area contributed by atoms with E-state index in [4.69, 9.17) is 4.74 Å². The lowest BCUT2D eigenvalue weighted by Crippen LogP contribution is -2.44. The highest BCUT2D eigenvalue weighted by molar-refractivity contribution is 5.86. The van der Waals surface area contributed by atoms with Gasteiger partial charge < -0.3 is 10.1 Å². The molecule has 0 bridgehead atoms. The average Bonchev–Trinajstić information content (AvgIpc) is 3.05. The first kappa shape index (κ1) is 17.9. The number of hydrogen-bond acceptors (Lipinski definition) is 5. The van der Waals surface area contributed by atoms with Gasteiger partial charge in [-0.15, -0.1) is 0 Å². The van der Waals surface area contributed by atoms with Gasteiger partial charge in [-0.3, -0.25) is 15.6 Å². The van der Waals surface area contributed by atoms with Gasteiger partial charge >= 0.3 is 5.97 Å². The van der Waals surface area contributed by atoms with Gasteiger partial charge in [-0.2, -0.15) is 0 Å². The molecule has 1 amide bonds. The van der Waals surface area contributed by atoms with E-state index < -0.39 is 12.0 Å². The molecule has 4 unspecified atom stereocenters. The first-order valence-corrected chi connectivity index (χ1v) is 8.92. The van der Waals surface area contributed by atoms with Crippen molar-refractivity contribution in [3.05, 3.63) is 34.9 Å². The smallest absolute Gasteiger partial charge is 0.333 e. The molecule has 3 rings (SSSR count). The van der Waals surface area contributed by atoms with Crippen LogP contribution in [-0.4, -0.2) is 31.6 Å². The van der Waals surface area contributed by atoms with Crippen LogP contribution in [0.1, 0.15) is 42.0 Å². The minimum Gasteiger partial charge on any atom is -0.467 e. The highest BCUT2D eigenvalue weighted by Crippen LogP contribution is 2.31. The maximum atomic E-state index is 12.8. The summed E-state index contributed by atoms with van der Waals surface area (Å²) >= 11 is 0. The average molecular weight is 345 g/mol. The molecule has 1 aromatic carbocycles. The molecule has 0 aromatic heterocycles. The van der Waals surface area contributed by atoms with Crippen LogP contribution in [0, 0.1) is 25.7 Å². The molecular formula is C19H27N3O3. The van der Waals surface area contributed by atoms with Crippen LogP contribution in [0.4, 0.5) is 0 Å². The number of rotatable bonds is 4. The maximum absolute atomic E-state index is 12.8. The van der Waals surface area contributed by atoms with E-state index in [-0.39, 0.29) is 11.8 Å². The number of ether oxygens (including phenoxy) is 1. The van der Waals surface area contributed by atoms with E-state index in [0.29, 0.717) is 12.0 Å². The highest BCUT2D eigenvalue weighted by Gasteiger charge is 2.37. The molecular weight excluding hydrogens is 318 g/mol. The number of fused-ring (bicyclic) bond motifs is 1. The van der Waals surface area contributed by atoms with Crippen molar-refractivity contribution in [2.45, 2.75) is 45.2 Å². The lowest BCUT2D eigenvalue weighted by Gasteiger charge is -2.31. The summed E-state index contributed by atoms with van der Waals surface area (Å²) in [6, 6.07) is 5.47. The normalized spacial score (nSPS) is 26.6. The fraction of sp³-hybridized carbons (Fsp3) is 0.579. The van der Waals surface area contributed by atoms with Crippen molar-refractivity contribution < 1.29 is 14.3 Å². The summed E-state index contributed by atoms with van der Waals surface area (Å²) in [5.74, 6) is 0.0148. The quantitative estimate of drug-likeness (QED) is 0.721. The standard InChI is InChI=1S/C19H27N3O3/c1-11-6-12(2)8-15(7-11)17(19(24)25-3)21-18(23)13-4-5-14-10-20-22-16(14)9-13/h6-8,13-14,16-17,20,22H,4-5,9-10H2,1-3H3,(H,21,23). The predicted molar refractivity (Wildman–Crippen MR) is 94.6 cm³/mol. The van der Waals surface area contributed by atoms with Gasteiger partial charge in [0.15, 0.2) is 6.04 Å². The van der Waals surface area contributed by atoms with Crippen LogP contribution in [0.3, 0.4) is 0 Å². The van der Waals surface area contributed by atoms with Crippen LogP contribution >= 0.6 is 0 Å². The van der Waals surface area contributed by atoms with Gasteiger partial charge in [-0.05, 0) is 44.6 Å². The molecule has 6 nitrogen and oxygen atoms in total. The minimum absolute atomic E-state index is 0.0679. The van der Waals surface area contributed by atoms with Crippen LogP contribution in [0.2, 0.25) is 0 Å². The largest absolute Gasteiger partial charge is 0.467 e. The number of benzene rings is 1. The Morgan fingerprint density at radius 3 is 2.60 bits per heavy atom. The van der Waals surface area contributed by atoms with E-state index in [1.54, 1.807) is 0 Å². The van der Waals surface area contributed by atoms with Crippen molar-refractivity contribution in [3.8, 4) is 0 Å². The fourth-order valence-electron chi connectivity index (χ4n) is 4.05. The molecule has 6 heteroatoms. The molecule has 1 saturated carbocycles. The van der Waals surface area contributed by atoms with Crippen LogP contribution in [0.25, 0.3) is 0 Å². The fourth-order valence-corrected chi connectivity index (χ4v) is 4.05. The Hall–Kier alpha value is -1.92. The van der Waals surface area contributed by atoms with E-state index >= 15 is 0 Å². The Balaban J connectivity index is 1.73. The molecule has 4 atom stereocenters. The third-order valence-corrected chi connectivity index (χ3v) is 5.32. The number of esters is 1. The van der Waals surface area contributed by atoms with Crippen LogP contribution in [0.15, 0.2) is 18.2 Å². The van der Waals surface area contributed by atoms with Gasteiger partial charge in [0.2, 0.25) is 5.91 Å². The van der Waals surface area contributed by atoms with Gasteiger partial charge in [0.25, 0.3) is 0 Å². The molecule has 2 fully saturated rings. The summed E-state index contributed by atoms with van der Waals surface area (Å²) in [7, 11) is 1.35. The van der Waals surface area contributed by atoms with Crippen LogP contribution < -0.4 is 16.2 Å². The summed E-state index contributed by atoms with van der Waals surface area (Å²) in [5.41, 5.74) is 9.31. The third-order valence-electron chi connectivity index (χ3n) is 5.32. The van der Waals surface area contributed by atoms with Crippen molar-refractivity contribution >= 4 is 11.9 Å². The molecule has 25 heavy (non-hydrogen) atoms. The van der Waals surface area contributed by atoms with E-state index in [1.165, 1.54) is 7.11 Å². The number of carbonyl (C=O) groups excluding carboxylic acids is 2. The lowest BCUT2D eigenvalue weighted by molar-refractivity contribution is -0.146. The molecule has 1 aromatic rings. The van der Waals surface area contributed by atoms with E-state index in [9.17, 15) is 9.59 Å². The van der Waals surface area contributed by atoms with Crippen molar-refractivity contribution in [2.24, 2.45) is 11.8 Å². The van der Waals surface area contributed by atoms with Gasteiger partial charge in [0.1, 0.15) is 0 Å². The number of carbonyl (C=O) groups is 2. The molecule has 2 aliphatic rings. The number of hydrogen-bond donors (Lipinski definition) is 3. The topological polar surface area (TPSA) is 79.5 Å². The first-order chi connectivity index (χ1) is 12.0. The van der Waals surface area contributed by atoms with E-state index in [0.717, 1.165) is 42.5 Å². The number of amides is 1. The number of aryl methyl sites for hydroxylation is 2. The Labute approximate surface area is 148 Å². The first-order valence-electron chi connectivity index (χ1n) is 8.92. The molecule has 0 radical (unpaired) electrons. The summed E-state index contributed by atoms with van der Waals surface area (Å²) < 4.78 is 4.93. The second-order valence-corrected chi connectivity index (χ2v) is 7.29. The van der Waals surface area contributed by atoms with E-state index in [1.807, 2.05) is 32.0 Å². The van der Waals surface area contributed by atoms with Crippen LogP contribution in [-0.2, 0) is 14.3 Å². The molecule has 1 heterocycles. The summed E-state index contributed by atoms with van der Waals surface area (Å²) in [6.45, 7) is 4.92. The number of hydrazine groups is 1. The Morgan fingerprint density at radius 1 is 1.20 bits per heavy atom. The second-order valence-electron chi connectivity index (χ2n) is 7.29. The third kappa shape index (κ3) is 4.02. The lowest BCUT2D eigenvalue weighted by atomic mass is 9.79. The highest BCUT2D eigenvalue weighted by atomic mass is 16.5. The van der Waals surface area contributed by atoms with Gasteiger partial charge in [-0.25, -0.2) is 4.79 Å². The van der Waals surface area contributed by atoms with E-state index in [2.05, 4.69) is 16.2 Å². The zero-order valence-electron chi connectivity index (χ0n) is 15.1. The molecule has 1 aliphatic heterocycles. The SMILES string of the molecule is COC(=O)C(NC(=O)C1CCC2CNNC2C1)c1cc(C)cc(C)c1. The number of methoxy groups -OCH3 is 1. The molecule has 1 saturated heterocycles. The Bertz CT molecular complexity index is 641. The number of nitrogens with one attached hydrogen (secondary N) is 3. The summed E-state index contributed by atoms with van der Waals surface area (Å²) in [4.78, 5) is 25.1. The van der Waals surface area contributed by atoms with Crippen molar-refractivity contribution in [3.63, 3.8) is 0 Å². The molecule has 1 aliphatic carbocycles. The zero-order valence-corrected chi connectivity index (χ0v) is 15.1. The molecule has 136 valence electrons. The summed E-state index contributed by atoms with van der Waals surface area (Å²) in [5, 5.41) is 2.93. The second kappa shape index (κ2) is 7.54. The Morgan fingerprint density at radius 2 is 1.92 bits per heavy atom. The van der Waals surface area contributed by atoms with Gasteiger partial charge in [-0.1, -0.05) is 29.3 Å². The minimum atomic E-state index is -0.761. The van der Waals surface area contributed by atoms with Crippen molar-refractivity contribution in [1.82, 2.24) is 16.2 Å². The molecule has 3 N–H and O–H groups in total.